The first kappa shape index (κ1) is 13.8. The average molecular weight is 248 g/mol. The van der Waals surface area contributed by atoms with Gasteiger partial charge in [-0.05, 0) is 18.6 Å². The van der Waals surface area contributed by atoms with Crippen LogP contribution < -0.4 is 5.32 Å². The Morgan fingerprint density at radius 1 is 1.41 bits per heavy atom. The number of methoxy groups -OCH3 is 1. The number of alkyl halides is 3. The minimum Gasteiger partial charge on any atom is -0.383 e. The summed E-state index contributed by atoms with van der Waals surface area (Å²) in [7, 11) is 1.58. The molecule has 1 unspecified atom stereocenters. The maximum atomic E-state index is 12.3. The second kappa shape index (κ2) is 5.86. The Balaban J connectivity index is 2.68. The van der Waals surface area contributed by atoms with Gasteiger partial charge in [-0.1, -0.05) is 6.92 Å². The van der Waals surface area contributed by atoms with Crippen molar-refractivity contribution in [2.75, 3.05) is 19.0 Å². The van der Waals surface area contributed by atoms with Gasteiger partial charge in [-0.2, -0.15) is 13.2 Å². The summed E-state index contributed by atoms with van der Waals surface area (Å²) in [5.41, 5.74) is -0.329. The van der Waals surface area contributed by atoms with E-state index >= 15 is 0 Å². The van der Waals surface area contributed by atoms with Gasteiger partial charge in [-0.3, -0.25) is 0 Å². The smallest absolute Gasteiger partial charge is 0.383 e. The van der Waals surface area contributed by atoms with Crippen LogP contribution in [-0.4, -0.2) is 24.7 Å². The molecule has 0 aromatic carbocycles. The molecule has 0 aliphatic carbocycles. The number of hydrogen-bond acceptors (Lipinski definition) is 3. The molecule has 17 heavy (non-hydrogen) atoms. The van der Waals surface area contributed by atoms with Crippen LogP contribution in [0.15, 0.2) is 18.3 Å². The number of ether oxygens (including phenoxy) is 1. The van der Waals surface area contributed by atoms with E-state index in [1.165, 1.54) is 12.3 Å². The molecule has 0 saturated carbocycles. The van der Waals surface area contributed by atoms with Crippen LogP contribution in [0, 0.1) is 0 Å². The lowest BCUT2D eigenvalue weighted by atomic mass is 10.2. The van der Waals surface area contributed by atoms with Gasteiger partial charge in [0.25, 0.3) is 0 Å². The van der Waals surface area contributed by atoms with Crippen LogP contribution >= 0.6 is 0 Å². The highest BCUT2D eigenvalue weighted by Gasteiger charge is 2.32. The lowest BCUT2D eigenvalue weighted by Crippen LogP contribution is -2.24. The Labute approximate surface area is 98.0 Å². The van der Waals surface area contributed by atoms with Crippen LogP contribution in [0.25, 0.3) is 0 Å². The molecule has 1 atom stereocenters. The fourth-order valence-corrected chi connectivity index (χ4v) is 1.35. The molecule has 0 amide bonds. The predicted octanol–water partition coefficient (Wildman–Crippen LogP) is 2.94. The molecule has 1 heterocycles. The van der Waals surface area contributed by atoms with Crippen LogP contribution in [0.2, 0.25) is 0 Å². The van der Waals surface area contributed by atoms with Gasteiger partial charge in [0.1, 0.15) is 5.69 Å². The molecule has 1 aromatic rings. The lowest BCUT2D eigenvalue weighted by molar-refractivity contribution is -0.141. The number of hydrogen-bond donors (Lipinski definition) is 1. The Morgan fingerprint density at radius 3 is 2.53 bits per heavy atom. The van der Waals surface area contributed by atoms with Gasteiger partial charge in [-0.15, -0.1) is 0 Å². The first-order chi connectivity index (χ1) is 7.97. The molecular formula is C11H15F3N2O. The zero-order chi connectivity index (χ0) is 12.9. The minimum atomic E-state index is -4.39. The van der Waals surface area contributed by atoms with E-state index in [0.717, 1.165) is 12.5 Å². The summed E-state index contributed by atoms with van der Waals surface area (Å²) in [6.45, 7) is 2.46. The summed E-state index contributed by atoms with van der Waals surface area (Å²) >= 11 is 0. The van der Waals surface area contributed by atoms with Crippen LogP contribution in [-0.2, 0) is 10.9 Å². The molecule has 3 nitrogen and oxygen atoms in total. The SMILES string of the molecule is CCC(COC)Nc1ccc(C(F)(F)F)nc1. The first-order valence-corrected chi connectivity index (χ1v) is 5.26. The molecule has 1 aromatic heterocycles. The number of halogens is 3. The van der Waals surface area contributed by atoms with Gasteiger partial charge in [0, 0.05) is 13.2 Å². The number of rotatable bonds is 5. The molecule has 0 saturated heterocycles. The predicted molar refractivity (Wildman–Crippen MR) is 58.8 cm³/mol. The lowest BCUT2D eigenvalue weighted by Gasteiger charge is -2.17. The summed E-state index contributed by atoms with van der Waals surface area (Å²) in [5, 5.41) is 3.05. The van der Waals surface area contributed by atoms with Gasteiger partial charge < -0.3 is 10.1 Å². The Hall–Kier alpha value is -1.30. The monoisotopic (exact) mass is 248 g/mol. The maximum absolute atomic E-state index is 12.3. The zero-order valence-electron chi connectivity index (χ0n) is 9.71. The molecule has 0 bridgehead atoms. The van der Waals surface area contributed by atoms with Crippen LogP contribution in [0.5, 0.6) is 0 Å². The molecule has 1 N–H and O–H groups in total. The van der Waals surface area contributed by atoms with E-state index < -0.39 is 11.9 Å². The van der Waals surface area contributed by atoms with E-state index in [-0.39, 0.29) is 6.04 Å². The van der Waals surface area contributed by atoms with Crippen molar-refractivity contribution >= 4 is 5.69 Å². The molecule has 0 radical (unpaired) electrons. The zero-order valence-corrected chi connectivity index (χ0v) is 9.71. The molecule has 1 rings (SSSR count). The quantitative estimate of drug-likeness (QED) is 0.869. The average Bonchev–Trinajstić information content (AvgIpc) is 2.28. The van der Waals surface area contributed by atoms with Crippen molar-refractivity contribution < 1.29 is 17.9 Å². The van der Waals surface area contributed by atoms with Crippen molar-refractivity contribution in [3.63, 3.8) is 0 Å². The van der Waals surface area contributed by atoms with Crippen LogP contribution in [0.4, 0.5) is 18.9 Å². The van der Waals surface area contributed by atoms with Crippen molar-refractivity contribution in [3.8, 4) is 0 Å². The molecule has 0 fully saturated rings. The van der Waals surface area contributed by atoms with E-state index in [1.807, 2.05) is 6.92 Å². The second-order valence-corrected chi connectivity index (χ2v) is 3.63. The van der Waals surface area contributed by atoms with Gasteiger partial charge in [0.15, 0.2) is 0 Å². The topological polar surface area (TPSA) is 34.1 Å². The molecule has 0 aliphatic rings. The van der Waals surface area contributed by atoms with Crippen molar-refractivity contribution in [2.24, 2.45) is 0 Å². The molecule has 96 valence electrons. The fourth-order valence-electron chi connectivity index (χ4n) is 1.35. The number of pyridine rings is 1. The third-order valence-electron chi connectivity index (χ3n) is 2.29. The minimum absolute atomic E-state index is 0.0681. The largest absolute Gasteiger partial charge is 0.433 e. The van der Waals surface area contributed by atoms with Gasteiger partial charge >= 0.3 is 6.18 Å². The summed E-state index contributed by atoms with van der Waals surface area (Å²) in [5.74, 6) is 0. The third kappa shape index (κ3) is 4.22. The van der Waals surface area contributed by atoms with Crippen LogP contribution in [0.3, 0.4) is 0 Å². The Bertz CT molecular complexity index is 338. The normalized spacial score (nSPS) is 13.5. The van der Waals surface area contributed by atoms with E-state index in [2.05, 4.69) is 10.3 Å². The van der Waals surface area contributed by atoms with Crippen molar-refractivity contribution in [3.05, 3.63) is 24.0 Å². The van der Waals surface area contributed by atoms with Crippen molar-refractivity contribution in [2.45, 2.75) is 25.6 Å². The van der Waals surface area contributed by atoms with E-state index in [4.69, 9.17) is 4.74 Å². The highest BCUT2D eigenvalue weighted by atomic mass is 19.4. The highest BCUT2D eigenvalue weighted by molar-refractivity contribution is 5.42. The molecule has 6 heteroatoms. The van der Waals surface area contributed by atoms with Gasteiger partial charge in [-0.25, -0.2) is 4.98 Å². The van der Waals surface area contributed by atoms with E-state index in [0.29, 0.717) is 12.3 Å². The standard InChI is InChI=1S/C11H15F3N2O/c1-3-8(7-17-2)16-9-4-5-10(15-6-9)11(12,13)14/h4-6,8,16H,3,7H2,1-2H3. The van der Waals surface area contributed by atoms with Crippen molar-refractivity contribution in [1.29, 1.82) is 0 Å². The number of aromatic nitrogens is 1. The summed E-state index contributed by atoms with van der Waals surface area (Å²) < 4.78 is 41.8. The van der Waals surface area contributed by atoms with Gasteiger partial charge in [0.05, 0.1) is 18.5 Å². The van der Waals surface area contributed by atoms with Gasteiger partial charge in [0.2, 0.25) is 0 Å². The first-order valence-electron chi connectivity index (χ1n) is 5.26. The molecule has 0 spiro atoms. The molecule has 0 aliphatic heterocycles. The second-order valence-electron chi connectivity index (χ2n) is 3.63. The molecular weight excluding hydrogens is 233 g/mol. The van der Waals surface area contributed by atoms with E-state index in [9.17, 15) is 13.2 Å². The summed E-state index contributed by atoms with van der Waals surface area (Å²) in [4.78, 5) is 3.37. The Morgan fingerprint density at radius 2 is 2.12 bits per heavy atom. The number of anilines is 1. The summed E-state index contributed by atoms with van der Waals surface area (Å²) in [6, 6.07) is 2.40. The van der Waals surface area contributed by atoms with Crippen molar-refractivity contribution in [1.82, 2.24) is 4.98 Å². The highest BCUT2D eigenvalue weighted by Crippen LogP contribution is 2.27. The number of nitrogens with zero attached hydrogens (tertiary/aromatic N) is 1. The third-order valence-corrected chi connectivity index (χ3v) is 2.29. The Kier molecular flexibility index (Phi) is 4.74. The fraction of sp³-hybridized carbons (Fsp3) is 0.545. The maximum Gasteiger partial charge on any atom is 0.433 e. The summed E-state index contributed by atoms with van der Waals surface area (Å²) in [6.07, 6.45) is -2.40. The number of nitrogens with one attached hydrogen (secondary N) is 1. The van der Waals surface area contributed by atoms with Crippen LogP contribution in [0.1, 0.15) is 19.0 Å². The van der Waals surface area contributed by atoms with E-state index in [1.54, 1.807) is 7.11 Å².